The van der Waals surface area contributed by atoms with Gasteiger partial charge in [-0.2, -0.15) is 0 Å². The topological polar surface area (TPSA) is 81.2 Å². The Labute approximate surface area is 192 Å². The molecule has 0 aliphatic heterocycles. The Balaban J connectivity index is 2.54. The molecule has 0 aliphatic carbocycles. The Morgan fingerprint density at radius 2 is 1.59 bits per heavy atom. The maximum atomic E-state index is 13.7. The summed E-state index contributed by atoms with van der Waals surface area (Å²) < 4.78 is 28.5. The lowest BCUT2D eigenvalue weighted by atomic mass is 9.87. The van der Waals surface area contributed by atoms with Crippen molar-refractivity contribution in [2.24, 2.45) is 0 Å². The zero-order chi connectivity index (χ0) is 24.1. The van der Waals surface area contributed by atoms with E-state index in [1.807, 2.05) is 37.2 Å². The molecule has 2 rings (SSSR count). The molecular weight excluding hydrogens is 426 g/mol. The number of anilines is 2. The lowest BCUT2D eigenvalue weighted by Gasteiger charge is -2.28. The molecule has 1 amide bonds. The number of amides is 1. The Morgan fingerprint density at radius 3 is 2.09 bits per heavy atom. The number of sulfonamides is 1. The van der Waals surface area contributed by atoms with Crippen LogP contribution in [0, 0.1) is 0 Å². The molecule has 32 heavy (non-hydrogen) atoms. The minimum absolute atomic E-state index is 0.107. The van der Waals surface area contributed by atoms with Crippen molar-refractivity contribution in [3.05, 3.63) is 54.1 Å². The minimum Gasteiger partial charge on any atom is -0.395 e. The molecule has 2 aromatic rings. The Hall–Kier alpha value is -2.58. The SMILES string of the molecule is CCN(CCO)C(=O)CN(c1cccc(N(C)C)c1)S(=O)(=O)c1ccc(C(C)(C)C)cc1. The number of hydrogen-bond donors (Lipinski definition) is 1. The highest BCUT2D eigenvalue weighted by atomic mass is 32.2. The monoisotopic (exact) mass is 461 g/mol. The van der Waals surface area contributed by atoms with E-state index in [0.29, 0.717) is 12.2 Å². The number of hydrogen-bond acceptors (Lipinski definition) is 5. The molecule has 0 saturated heterocycles. The third-order valence-electron chi connectivity index (χ3n) is 5.33. The van der Waals surface area contributed by atoms with Gasteiger partial charge in [0.2, 0.25) is 5.91 Å². The molecule has 0 fully saturated rings. The second-order valence-corrected chi connectivity index (χ2v) is 10.8. The first-order valence-electron chi connectivity index (χ1n) is 10.7. The third-order valence-corrected chi connectivity index (χ3v) is 7.11. The number of benzene rings is 2. The quantitative estimate of drug-likeness (QED) is 0.621. The third kappa shape index (κ3) is 6.01. The van der Waals surface area contributed by atoms with Crippen molar-refractivity contribution >= 4 is 27.3 Å². The van der Waals surface area contributed by atoms with Gasteiger partial charge in [-0.1, -0.05) is 39.0 Å². The summed E-state index contributed by atoms with van der Waals surface area (Å²) in [6.07, 6.45) is 0. The van der Waals surface area contributed by atoms with Gasteiger partial charge in [0.25, 0.3) is 10.0 Å². The molecule has 0 radical (unpaired) electrons. The lowest BCUT2D eigenvalue weighted by molar-refractivity contribution is -0.129. The smallest absolute Gasteiger partial charge is 0.264 e. The van der Waals surface area contributed by atoms with Crippen LogP contribution in [0.5, 0.6) is 0 Å². The van der Waals surface area contributed by atoms with Crippen LogP contribution in [-0.4, -0.2) is 64.7 Å². The van der Waals surface area contributed by atoms with Gasteiger partial charge in [-0.15, -0.1) is 0 Å². The average Bonchev–Trinajstić information content (AvgIpc) is 2.75. The Bertz CT molecular complexity index is 1010. The van der Waals surface area contributed by atoms with Gasteiger partial charge < -0.3 is 14.9 Å². The summed E-state index contributed by atoms with van der Waals surface area (Å²) in [5, 5.41) is 9.26. The molecule has 0 aliphatic rings. The molecule has 0 bridgehead atoms. The molecule has 0 unspecified atom stereocenters. The molecule has 0 spiro atoms. The second kappa shape index (κ2) is 10.4. The molecule has 0 atom stereocenters. The number of nitrogens with zero attached hydrogens (tertiary/aromatic N) is 3. The largest absolute Gasteiger partial charge is 0.395 e. The van der Waals surface area contributed by atoms with E-state index in [0.717, 1.165) is 15.6 Å². The van der Waals surface area contributed by atoms with Gasteiger partial charge in [0.1, 0.15) is 6.54 Å². The highest BCUT2D eigenvalue weighted by Crippen LogP contribution is 2.29. The number of rotatable bonds is 9. The van der Waals surface area contributed by atoms with Gasteiger partial charge in [0, 0.05) is 32.9 Å². The fourth-order valence-corrected chi connectivity index (χ4v) is 4.70. The van der Waals surface area contributed by atoms with E-state index in [4.69, 9.17) is 0 Å². The second-order valence-electron chi connectivity index (χ2n) is 8.90. The standard InChI is InChI=1S/C24H35N3O4S/c1-7-26(15-16-28)23(29)18-27(21-10-8-9-20(17-21)25(5)6)32(30,31)22-13-11-19(12-14-22)24(2,3)4/h8-14,17,28H,7,15-16,18H2,1-6H3. The van der Waals surface area contributed by atoms with E-state index >= 15 is 0 Å². The molecule has 0 aromatic heterocycles. The molecule has 0 heterocycles. The Morgan fingerprint density at radius 1 is 1.00 bits per heavy atom. The number of aliphatic hydroxyl groups is 1. The van der Waals surface area contributed by atoms with Crippen molar-refractivity contribution in [1.29, 1.82) is 0 Å². The van der Waals surface area contributed by atoms with Crippen molar-refractivity contribution < 1.29 is 18.3 Å². The molecule has 8 heteroatoms. The molecule has 2 aromatic carbocycles. The van der Waals surface area contributed by atoms with Crippen LogP contribution in [0.25, 0.3) is 0 Å². The number of carbonyl (C=O) groups is 1. The van der Waals surface area contributed by atoms with Crippen LogP contribution in [0.3, 0.4) is 0 Å². The summed E-state index contributed by atoms with van der Waals surface area (Å²) in [7, 11) is -0.267. The summed E-state index contributed by atoms with van der Waals surface area (Å²) in [6, 6.07) is 13.9. The van der Waals surface area contributed by atoms with Crippen LogP contribution in [0.15, 0.2) is 53.4 Å². The molecule has 176 valence electrons. The molecular formula is C24H35N3O4S. The van der Waals surface area contributed by atoms with Gasteiger partial charge in [-0.3, -0.25) is 9.10 Å². The zero-order valence-electron chi connectivity index (χ0n) is 19.9. The fraction of sp³-hybridized carbons (Fsp3) is 0.458. The first kappa shape index (κ1) is 25.7. The van der Waals surface area contributed by atoms with Crippen LogP contribution in [0.2, 0.25) is 0 Å². The minimum atomic E-state index is -4.01. The highest BCUT2D eigenvalue weighted by molar-refractivity contribution is 7.92. The van der Waals surface area contributed by atoms with E-state index in [-0.39, 0.29) is 35.9 Å². The van der Waals surface area contributed by atoms with Gasteiger partial charge in [-0.25, -0.2) is 8.42 Å². The van der Waals surface area contributed by atoms with Crippen molar-refractivity contribution in [3.63, 3.8) is 0 Å². The maximum Gasteiger partial charge on any atom is 0.264 e. The van der Waals surface area contributed by atoms with E-state index < -0.39 is 10.0 Å². The summed E-state index contributed by atoms with van der Waals surface area (Å²) in [5.41, 5.74) is 2.14. The maximum absolute atomic E-state index is 13.7. The van der Waals surface area contributed by atoms with Crippen LogP contribution in [-0.2, 0) is 20.2 Å². The van der Waals surface area contributed by atoms with E-state index in [1.165, 1.54) is 4.90 Å². The summed E-state index contributed by atoms with van der Waals surface area (Å²) in [5.74, 6) is -0.369. The summed E-state index contributed by atoms with van der Waals surface area (Å²) >= 11 is 0. The average molecular weight is 462 g/mol. The van der Waals surface area contributed by atoms with Gasteiger partial charge in [-0.05, 0) is 48.2 Å². The van der Waals surface area contributed by atoms with Crippen molar-refractivity contribution in [3.8, 4) is 0 Å². The van der Waals surface area contributed by atoms with Crippen LogP contribution in [0.4, 0.5) is 11.4 Å². The van der Waals surface area contributed by atoms with Crippen LogP contribution < -0.4 is 9.21 Å². The molecule has 0 saturated carbocycles. The normalized spacial score (nSPS) is 11.8. The number of carbonyl (C=O) groups excluding carboxylic acids is 1. The predicted molar refractivity (Wildman–Crippen MR) is 130 cm³/mol. The van der Waals surface area contributed by atoms with Crippen LogP contribution >= 0.6 is 0 Å². The molecule has 7 nitrogen and oxygen atoms in total. The number of likely N-dealkylation sites (N-methyl/N-ethyl adjacent to an activating group) is 1. The van der Waals surface area contributed by atoms with Gasteiger partial charge in [0.05, 0.1) is 17.2 Å². The van der Waals surface area contributed by atoms with Crippen molar-refractivity contribution in [2.45, 2.75) is 38.0 Å². The highest BCUT2D eigenvalue weighted by Gasteiger charge is 2.29. The lowest BCUT2D eigenvalue weighted by Crippen LogP contribution is -2.44. The van der Waals surface area contributed by atoms with Gasteiger partial charge in [0.15, 0.2) is 0 Å². The van der Waals surface area contributed by atoms with Crippen molar-refractivity contribution in [1.82, 2.24) is 4.90 Å². The zero-order valence-corrected chi connectivity index (χ0v) is 20.7. The fourth-order valence-electron chi connectivity index (χ4n) is 3.30. The van der Waals surface area contributed by atoms with E-state index in [1.54, 1.807) is 37.3 Å². The van der Waals surface area contributed by atoms with Crippen molar-refractivity contribution in [2.75, 3.05) is 49.5 Å². The van der Waals surface area contributed by atoms with E-state index in [9.17, 15) is 18.3 Å². The Kier molecular flexibility index (Phi) is 8.31. The summed E-state index contributed by atoms with van der Waals surface area (Å²) in [4.78, 5) is 16.4. The first-order valence-corrected chi connectivity index (χ1v) is 12.1. The first-order chi connectivity index (χ1) is 14.9. The van der Waals surface area contributed by atoms with E-state index in [2.05, 4.69) is 20.8 Å². The summed E-state index contributed by atoms with van der Waals surface area (Å²) in [6.45, 7) is 7.99. The van der Waals surface area contributed by atoms with Crippen LogP contribution in [0.1, 0.15) is 33.3 Å². The molecule has 1 N–H and O–H groups in total. The van der Waals surface area contributed by atoms with Gasteiger partial charge >= 0.3 is 0 Å². The predicted octanol–water partition coefficient (Wildman–Crippen LogP) is 3.09. The number of aliphatic hydroxyl groups excluding tert-OH is 1.